The quantitative estimate of drug-likeness (QED) is 0.516. The van der Waals surface area contributed by atoms with Crippen LogP contribution in [0.2, 0.25) is 0 Å². The molecule has 0 unspecified atom stereocenters. The highest BCUT2D eigenvalue weighted by molar-refractivity contribution is 7.80. The summed E-state index contributed by atoms with van der Waals surface area (Å²) in [6.07, 6.45) is 0. The molecule has 0 radical (unpaired) electrons. The van der Waals surface area contributed by atoms with Crippen LogP contribution in [0.5, 0.6) is 0 Å². The van der Waals surface area contributed by atoms with E-state index >= 15 is 0 Å². The molecule has 98 valence electrons. The number of primary amides is 1. The van der Waals surface area contributed by atoms with Crippen molar-refractivity contribution < 1.29 is 18.7 Å². The van der Waals surface area contributed by atoms with Crippen LogP contribution in [0.3, 0.4) is 0 Å². The molecule has 0 heterocycles. The molecule has 1 aromatic rings. The first kappa shape index (κ1) is 14.5. The number of rotatable bonds is 6. The number of carbonyl (C=O) groups excluding carboxylic acids is 2. The zero-order valence-electron chi connectivity index (χ0n) is 9.48. The predicted octanol–water partition coefficient (Wildman–Crippen LogP) is 0.346. The summed E-state index contributed by atoms with van der Waals surface area (Å²) in [5.41, 5.74) is 4.77. The number of amides is 2. The highest BCUT2D eigenvalue weighted by atomic mass is 32.1. The summed E-state index contributed by atoms with van der Waals surface area (Å²) in [7, 11) is 0. The highest BCUT2D eigenvalue weighted by Crippen LogP contribution is 2.13. The molecule has 0 aliphatic rings. The van der Waals surface area contributed by atoms with Gasteiger partial charge in [-0.15, -0.1) is 12.6 Å². The highest BCUT2D eigenvalue weighted by Gasteiger charge is 2.11. The van der Waals surface area contributed by atoms with Crippen LogP contribution in [0.25, 0.3) is 0 Å². The second kappa shape index (κ2) is 6.97. The molecule has 0 aromatic heterocycles. The smallest absolute Gasteiger partial charge is 0.254 e. The molecule has 0 aliphatic heterocycles. The third-order valence-electron chi connectivity index (χ3n) is 1.97. The first-order chi connectivity index (χ1) is 8.50. The molecule has 0 atom stereocenters. The number of carbonyl (C=O) groups is 2. The summed E-state index contributed by atoms with van der Waals surface area (Å²) in [6, 6.07) is 3.95. The molecule has 0 saturated heterocycles. The van der Waals surface area contributed by atoms with E-state index in [2.05, 4.69) is 17.9 Å². The minimum atomic E-state index is -0.622. The van der Waals surface area contributed by atoms with E-state index in [4.69, 9.17) is 10.5 Å². The van der Waals surface area contributed by atoms with Gasteiger partial charge in [-0.3, -0.25) is 9.59 Å². The van der Waals surface area contributed by atoms with Gasteiger partial charge in [0.15, 0.2) is 0 Å². The summed E-state index contributed by atoms with van der Waals surface area (Å²) in [5, 5.41) is 2.45. The van der Waals surface area contributed by atoms with Crippen molar-refractivity contribution in [2.24, 2.45) is 5.73 Å². The van der Waals surface area contributed by atoms with Crippen molar-refractivity contribution in [2.45, 2.75) is 4.90 Å². The third-order valence-corrected chi connectivity index (χ3v) is 2.25. The van der Waals surface area contributed by atoms with Gasteiger partial charge in [-0.25, -0.2) is 4.39 Å². The number of nitrogens with one attached hydrogen (secondary N) is 1. The molecule has 7 heteroatoms. The summed E-state index contributed by atoms with van der Waals surface area (Å²) >= 11 is 4.02. The largest absolute Gasteiger partial charge is 0.370 e. The fourth-order valence-corrected chi connectivity index (χ4v) is 1.40. The molecular weight excluding hydrogens is 259 g/mol. The van der Waals surface area contributed by atoms with E-state index in [1.165, 1.54) is 18.2 Å². The van der Waals surface area contributed by atoms with E-state index in [0.29, 0.717) is 4.90 Å². The lowest BCUT2D eigenvalue weighted by atomic mass is 10.2. The summed E-state index contributed by atoms with van der Waals surface area (Å²) in [4.78, 5) is 22.4. The number of benzene rings is 1. The Morgan fingerprint density at radius 2 is 2.17 bits per heavy atom. The van der Waals surface area contributed by atoms with Gasteiger partial charge < -0.3 is 15.8 Å². The fourth-order valence-electron chi connectivity index (χ4n) is 1.19. The van der Waals surface area contributed by atoms with E-state index in [9.17, 15) is 14.0 Å². The molecule has 1 rings (SSSR count). The Kier molecular flexibility index (Phi) is 5.60. The third kappa shape index (κ3) is 4.72. The molecule has 0 fully saturated rings. The van der Waals surface area contributed by atoms with Crippen LogP contribution in [-0.2, 0) is 9.53 Å². The zero-order chi connectivity index (χ0) is 13.5. The van der Waals surface area contributed by atoms with Crippen LogP contribution >= 0.6 is 12.6 Å². The average Bonchev–Trinajstić information content (AvgIpc) is 2.31. The summed E-state index contributed by atoms with van der Waals surface area (Å²) < 4.78 is 18.2. The number of nitrogens with two attached hydrogens (primary N) is 1. The van der Waals surface area contributed by atoms with Crippen LogP contribution in [0, 0.1) is 5.82 Å². The average molecular weight is 272 g/mol. The number of thiol groups is 1. The lowest BCUT2D eigenvalue weighted by molar-refractivity contribution is -0.122. The maximum absolute atomic E-state index is 13.3. The lowest BCUT2D eigenvalue weighted by Crippen LogP contribution is -2.29. The van der Waals surface area contributed by atoms with Gasteiger partial charge in [0.05, 0.1) is 12.2 Å². The van der Waals surface area contributed by atoms with Crippen molar-refractivity contribution in [3.05, 3.63) is 29.6 Å². The molecular formula is C11H13FN2O3S. The first-order valence-corrected chi connectivity index (χ1v) is 5.58. The fraction of sp³-hybridized carbons (Fsp3) is 0.273. The second-order valence-electron chi connectivity index (χ2n) is 3.44. The maximum atomic E-state index is 13.3. The van der Waals surface area contributed by atoms with Gasteiger partial charge in [0.2, 0.25) is 5.91 Å². The Morgan fingerprint density at radius 1 is 1.44 bits per heavy atom. The Hall–Kier alpha value is -1.60. The number of ether oxygens (including phenoxy) is 1. The Labute approximate surface area is 109 Å². The van der Waals surface area contributed by atoms with Crippen LogP contribution < -0.4 is 11.1 Å². The second-order valence-corrected chi connectivity index (χ2v) is 3.96. The van der Waals surface area contributed by atoms with Crippen molar-refractivity contribution >= 4 is 24.4 Å². The topological polar surface area (TPSA) is 81.4 Å². The van der Waals surface area contributed by atoms with Gasteiger partial charge >= 0.3 is 0 Å². The van der Waals surface area contributed by atoms with E-state index in [1.807, 2.05) is 0 Å². The monoisotopic (exact) mass is 272 g/mol. The van der Waals surface area contributed by atoms with Crippen LogP contribution in [-0.4, -0.2) is 31.6 Å². The van der Waals surface area contributed by atoms with Crippen LogP contribution in [0.1, 0.15) is 10.4 Å². The molecule has 2 amide bonds. The van der Waals surface area contributed by atoms with E-state index in [1.54, 1.807) is 0 Å². The van der Waals surface area contributed by atoms with Gasteiger partial charge in [-0.2, -0.15) is 0 Å². The van der Waals surface area contributed by atoms with Crippen molar-refractivity contribution in [1.29, 1.82) is 0 Å². The SMILES string of the molecule is NC(=O)COCCNC(=O)c1cc(S)ccc1F. The molecule has 0 aliphatic carbocycles. The molecule has 1 aromatic carbocycles. The lowest BCUT2D eigenvalue weighted by Gasteiger charge is -2.06. The zero-order valence-corrected chi connectivity index (χ0v) is 10.4. The molecule has 5 nitrogen and oxygen atoms in total. The van der Waals surface area contributed by atoms with E-state index < -0.39 is 17.6 Å². The standard InChI is InChI=1S/C11H13FN2O3S/c12-9-2-1-7(18)5-8(9)11(16)14-3-4-17-6-10(13)15/h1-2,5,18H,3-4,6H2,(H2,13,15)(H,14,16). The van der Waals surface area contributed by atoms with Gasteiger partial charge in [0.25, 0.3) is 5.91 Å². The minimum absolute atomic E-state index is 0.0857. The van der Waals surface area contributed by atoms with Gasteiger partial charge in [0, 0.05) is 11.4 Å². The maximum Gasteiger partial charge on any atom is 0.254 e. The summed E-state index contributed by atoms with van der Waals surface area (Å²) in [6.45, 7) is 0.0651. The Balaban J connectivity index is 2.41. The van der Waals surface area contributed by atoms with Crippen LogP contribution in [0.4, 0.5) is 4.39 Å². The number of hydrogen-bond donors (Lipinski definition) is 3. The van der Waals surface area contributed by atoms with Gasteiger partial charge in [0.1, 0.15) is 12.4 Å². The molecule has 0 saturated carbocycles. The Bertz CT molecular complexity index is 454. The van der Waals surface area contributed by atoms with Gasteiger partial charge in [-0.05, 0) is 18.2 Å². The molecule has 0 spiro atoms. The van der Waals surface area contributed by atoms with Crippen molar-refractivity contribution in [2.75, 3.05) is 19.8 Å². The van der Waals surface area contributed by atoms with Crippen molar-refractivity contribution in [3.63, 3.8) is 0 Å². The van der Waals surface area contributed by atoms with E-state index in [-0.39, 0.29) is 25.3 Å². The van der Waals surface area contributed by atoms with Gasteiger partial charge in [-0.1, -0.05) is 0 Å². The predicted molar refractivity (Wildman–Crippen MR) is 66.0 cm³/mol. The van der Waals surface area contributed by atoms with Crippen LogP contribution in [0.15, 0.2) is 23.1 Å². The van der Waals surface area contributed by atoms with Crippen molar-refractivity contribution in [3.8, 4) is 0 Å². The normalized spacial score (nSPS) is 10.1. The molecule has 18 heavy (non-hydrogen) atoms. The molecule has 0 bridgehead atoms. The number of halogens is 1. The van der Waals surface area contributed by atoms with Crippen molar-refractivity contribution in [1.82, 2.24) is 5.32 Å². The van der Waals surface area contributed by atoms with E-state index in [0.717, 1.165) is 0 Å². The first-order valence-electron chi connectivity index (χ1n) is 5.13. The number of hydrogen-bond acceptors (Lipinski definition) is 4. The minimum Gasteiger partial charge on any atom is -0.370 e. The molecule has 3 N–H and O–H groups in total. The Morgan fingerprint density at radius 3 is 2.83 bits per heavy atom. The summed E-state index contributed by atoms with van der Waals surface area (Å²) in [5.74, 6) is -1.77.